The molecule has 0 aliphatic heterocycles. The summed E-state index contributed by atoms with van der Waals surface area (Å²) < 4.78 is 13.1. The molecule has 1 saturated carbocycles. The van der Waals surface area contributed by atoms with E-state index in [0.717, 1.165) is 19.3 Å². The minimum Gasteiger partial charge on any atom is -0.395 e. The topological polar surface area (TPSA) is 49.3 Å². The lowest BCUT2D eigenvalue weighted by Gasteiger charge is -2.38. The molecule has 1 aliphatic rings. The molecule has 4 heteroatoms. The third kappa shape index (κ3) is 2.17. The molecule has 92 valence electrons. The molecule has 3 nitrogen and oxygen atoms in total. The molecule has 0 aromatic heterocycles. The summed E-state index contributed by atoms with van der Waals surface area (Å²) in [6.45, 7) is 1.52. The van der Waals surface area contributed by atoms with Crippen LogP contribution < -0.4 is 5.32 Å². The molecule has 0 radical (unpaired) electrons. The first-order valence-electron chi connectivity index (χ1n) is 5.76. The fourth-order valence-electron chi connectivity index (χ4n) is 2.05. The highest BCUT2D eigenvalue weighted by atomic mass is 19.1. The number of halogens is 1. The fraction of sp³-hybridized carbons (Fsp3) is 0.462. The van der Waals surface area contributed by atoms with E-state index in [1.54, 1.807) is 13.0 Å². The lowest BCUT2D eigenvalue weighted by atomic mass is 9.68. The SMILES string of the molecule is Cc1cc(NC(=O)C2(CO)CCC2)ccc1F. The van der Waals surface area contributed by atoms with Crippen LogP contribution in [0.25, 0.3) is 0 Å². The molecule has 17 heavy (non-hydrogen) atoms. The maximum atomic E-state index is 13.1. The van der Waals surface area contributed by atoms with Gasteiger partial charge in [-0.2, -0.15) is 0 Å². The number of carbonyl (C=O) groups is 1. The van der Waals surface area contributed by atoms with Crippen molar-refractivity contribution in [3.05, 3.63) is 29.6 Å². The largest absolute Gasteiger partial charge is 0.395 e. The molecule has 1 aromatic rings. The number of aliphatic hydroxyl groups excluding tert-OH is 1. The highest BCUT2D eigenvalue weighted by Gasteiger charge is 2.43. The molecular weight excluding hydrogens is 221 g/mol. The van der Waals surface area contributed by atoms with Crippen molar-refractivity contribution < 1.29 is 14.3 Å². The van der Waals surface area contributed by atoms with Crippen LogP contribution in [0.3, 0.4) is 0 Å². The fourth-order valence-corrected chi connectivity index (χ4v) is 2.05. The predicted molar refractivity (Wildman–Crippen MR) is 63.1 cm³/mol. The first-order chi connectivity index (χ1) is 8.07. The molecule has 1 aliphatic carbocycles. The highest BCUT2D eigenvalue weighted by molar-refractivity contribution is 5.96. The van der Waals surface area contributed by atoms with Crippen LogP contribution >= 0.6 is 0 Å². The van der Waals surface area contributed by atoms with Gasteiger partial charge in [0.05, 0.1) is 12.0 Å². The normalized spacial score (nSPS) is 17.4. The summed E-state index contributed by atoms with van der Waals surface area (Å²) in [7, 11) is 0. The lowest BCUT2D eigenvalue weighted by molar-refractivity contribution is -0.133. The molecule has 0 saturated heterocycles. The van der Waals surface area contributed by atoms with Gasteiger partial charge in [-0.05, 0) is 43.5 Å². The van der Waals surface area contributed by atoms with Gasteiger partial charge in [0.25, 0.3) is 0 Å². The van der Waals surface area contributed by atoms with E-state index in [4.69, 9.17) is 0 Å². The van der Waals surface area contributed by atoms with E-state index < -0.39 is 5.41 Å². The van der Waals surface area contributed by atoms with Crippen molar-refractivity contribution in [3.63, 3.8) is 0 Å². The number of amides is 1. The smallest absolute Gasteiger partial charge is 0.232 e. The summed E-state index contributed by atoms with van der Waals surface area (Å²) >= 11 is 0. The van der Waals surface area contributed by atoms with Crippen LogP contribution in [0, 0.1) is 18.2 Å². The van der Waals surface area contributed by atoms with Crippen molar-refractivity contribution in [2.24, 2.45) is 5.41 Å². The van der Waals surface area contributed by atoms with Gasteiger partial charge in [0, 0.05) is 5.69 Å². The Bertz CT molecular complexity index is 436. The van der Waals surface area contributed by atoms with Gasteiger partial charge < -0.3 is 10.4 Å². The van der Waals surface area contributed by atoms with Crippen LogP contribution in [0.1, 0.15) is 24.8 Å². The molecule has 0 atom stereocenters. The summed E-state index contributed by atoms with van der Waals surface area (Å²) in [5, 5.41) is 12.0. The Morgan fingerprint density at radius 2 is 2.24 bits per heavy atom. The van der Waals surface area contributed by atoms with Crippen LogP contribution in [-0.4, -0.2) is 17.6 Å². The third-order valence-electron chi connectivity index (χ3n) is 3.51. The van der Waals surface area contributed by atoms with Gasteiger partial charge in [0.2, 0.25) is 5.91 Å². The molecule has 0 unspecified atom stereocenters. The van der Waals surface area contributed by atoms with Gasteiger partial charge in [0.15, 0.2) is 0 Å². The maximum absolute atomic E-state index is 13.1. The number of aliphatic hydroxyl groups is 1. The number of anilines is 1. The van der Waals surface area contributed by atoms with Crippen molar-refractivity contribution in [2.45, 2.75) is 26.2 Å². The number of rotatable bonds is 3. The Kier molecular flexibility index (Phi) is 3.15. The molecule has 2 rings (SSSR count). The van der Waals surface area contributed by atoms with Gasteiger partial charge in [-0.3, -0.25) is 4.79 Å². The molecule has 0 heterocycles. The Morgan fingerprint density at radius 1 is 1.53 bits per heavy atom. The zero-order valence-corrected chi connectivity index (χ0v) is 9.79. The lowest BCUT2D eigenvalue weighted by Crippen LogP contribution is -2.44. The first kappa shape index (κ1) is 12.0. The van der Waals surface area contributed by atoms with Crippen molar-refractivity contribution >= 4 is 11.6 Å². The van der Waals surface area contributed by atoms with E-state index in [-0.39, 0.29) is 18.3 Å². The molecular formula is C13H16FNO2. The number of benzene rings is 1. The van der Waals surface area contributed by atoms with Gasteiger partial charge in [0.1, 0.15) is 5.82 Å². The molecule has 1 fully saturated rings. The van der Waals surface area contributed by atoms with Gasteiger partial charge in [-0.25, -0.2) is 4.39 Å². The Labute approximate surface area is 99.7 Å². The van der Waals surface area contributed by atoms with Gasteiger partial charge in [-0.15, -0.1) is 0 Å². The molecule has 0 bridgehead atoms. The number of hydrogen-bond donors (Lipinski definition) is 2. The average molecular weight is 237 g/mol. The predicted octanol–water partition coefficient (Wildman–Crippen LogP) is 2.24. The molecule has 1 aromatic carbocycles. The zero-order chi connectivity index (χ0) is 12.5. The Balaban J connectivity index is 2.10. The second-order valence-electron chi connectivity index (χ2n) is 4.71. The summed E-state index contributed by atoms with van der Waals surface area (Å²) in [5.41, 5.74) is 0.450. The van der Waals surface area contributed by atoms with E-state index in [9.17, 15) is 14.3 Å². The van der Waals surface area contributed by atoms with E-state index in [2.05, 4.69) is 5.32 Å². The van der Waals surface area contributed by atoms with E-state index in [0.29, 0.717) is 11.3 Å². The van der Waals surface area contributed by atoms with E-state index in [1.807, 2.05) is 0 Å². The molecule has 0 spiro atoms. The van der Waals surface area contributed by atoms with Crippen LogP contribution in [0.4, 0.5) is 10.1 Å². The Hall–Kier alpha value is -1.42. The Morgan fingerprint density at radius 3 is 2.71 bits per heavy atom. The standard InChI is InChI=1S/C13H16FNO2/c1-9-7-10(3-4-11(9)14)15-12(17)13(8-16)5-2-6-13/h3-4,7,16H,2,5-6,8H2,1H3,(H,15,17). The van der Waals surface area contributed by atoms with Gasteiger partial charge in [-0.1, -0.05) is 6.42 Å². The second kappa shape index (κ2) is 4.45. The van der Waals surface area contributed by atoms with Gasteiger partial charge >= 0.3 is 0 Å². The summed E-state index contributed by atoms with van der Waals surface area (Å²) in [4.78, 5) is 12.0. The highest BCUT2D eigenvalue weighted by Crippen LogP contribution is 2.41. The monoisotopic (exact) mass is 237 g/mol. The molecule has 1 amide bonds. The summed E-state index contributed by atoms with van der Waals surface area (Å²) in [6.07, 6.45) is 2.40. The van der Waals surface area contributed by atoms with Crippen LogP contribution in [0.15, 0.2) is 18.2 Å². The number of nitrogens with one attached hydrogen (secondary N) is 1. The number of hydrogen-bond acceptors (Lipinski definition) is 2. The van der Waals surface area contributed by atoms with Crippen molar-refractivity contribution in [1.29, 1.82) is 0 Å². The van der Waals surface area contributed by atoms with Crippen LogP contribution in [0.2, 0.25) is 0 Å². The van der Waals surface area contributed by atoms with Crippen molar-refractivity contribution in [1.82, 2.24) is 0 Å². The average Bonchev–Trinajstić information content (AvgIpc) is 2.23. The molecule has 2 N–H and O–H groups in total. The maximum Gasteiger partial charge on any atom is 0.232 e. The minimum absolute atomic E-state index is 0.126. The second-order valence-corrected chi connectivity index (χ2v) is 4.71. The summed E-state index contributed by atoms with van der Waals surface area (Å²) in [6, 6.07) is 4.46. The first-order valence-corrected chi connectivity index (χ1v) is 5.76. The zero-order valence-electron chi connectivity index (χ0n) is 9.79. The third-order valence-corrected chi connectivity index (χ3v) is 3.51. The summed E-state index contributed by atoms with van der Waals surface area (Å²) in [5.74, 6) is -0.458. The minimum atomic E-state index is -0.623. The van der Waals surface area contributed by atoms with Crippen molar-refractivity contribution in [3.8, 4) is 0 Å². The van der Waals surface area contributed by atoms with Crippen LogP contribution in [0.5, 0.6) is 0 Å². The van der Waals surface area contributed by atoms with Crippen molar-refractivity contribution in [2.75, 3.05) is 11.9 Å². The quantitative estimate of drug-likeness (QED) is 0.847. The number of aryl methyl sites for hydroxylation is 1. The van der Waals surface area contributed by atoms with Crippen LogP contribution in [-0.2, 0) is 4.79 Å². The van der Waals surface area contributed by atoms with E-state index >= 15 is 0 Å². The van der Waals surface area contributed by atoms with E-state index in [1.165, 1.54) is 12.1 Å². The number of carbonyl (C=O) groups excluding carboxylic acids is 1.